The van der Waals surface area contributed by atoms with Crippen LogP contribution >= 0.6 is 46.4 Å². The second-order valence-corrected chi connectivity index (χ2v) is 10.1. The topological polar surface area (TPSA) is 70.9 Å². The molecule has 2 N–H and O–H groups in total. The van der Waals surface area contributed by atoms with E-state index in [-0.39, 0.29) is 35.5 Å². The van der Waals surface area contributed by atoms with E-state index in [1.54, 1.807) is 18.2 Å². The smallest absolute Gasteiger partial charge is 0.279 e. The van der Waals surface area contributed by atoms with Gasteiger partial charge in [-0.1, -0.05) is 46.4 Å². The van der Waals surface area contributed by atoms with Crippen molar-refractivity contribution in [3.63, 3.8) is 0 Å². The lowest BCUT2D eigenvalue weighted by Gasteiger charge is -2.31. The van der Waals surface area contributed by atoms with Crippen LogP contribution in [0.25, 0.3) is 0 Å². The normalized spacial score (nSPS) is 16.0. The Morgan fingerprint density at radius 2 is 1.62 bits per heavy atom. The highest BCUT2D eigenvalue weighted by molar-refractivity contribution is 7.89. The molecular weight excluding hydrogens is 480 g/mol. The van der Waals surface area contributed by atoms with Crippen LogP contribution in [0.1, 0.15) is 0 Å². The zero-order valence-corrected chi connectivity index (χ0v) is 18.9. The number of halogens is 4. The molecule has 3 rings (SSSR count). The summed E-state index contributed by atoms with van der Waals surface area (Å²) in [6.07, 6.45) is 0. The van der Waals surface area contributed by atoms with Crippen LogP contribution < -0.4 is 10.2 Å². The highest BCUT2D eigenvalue weighted by Crippen LogP contribution is 2.28. The molecule has 29 heavy (non-hydrogen) atoms. The Balaban J connectivity index is 1.58. The molecule has 0 aromatic heterocycles. The second-order valence-electron chi connectivity index (χ2n) is 6.58. The van der Waals surface area contributed by atoms with E-state index in [0.717, 1.165) is 4.90 Å². The van der Waals surface area contributed by atoms with Gasteiger partial charge < -0.3 is 10.2 Å². The molecule has 0 aliphatic carbocycles. The summed E-state index contributed by atoms with van der Waals surface area (Å²) in [6.45, 7) is 1.76. The maximum Gasteiger partial charge on any atom is 0.279 e. The van der Waals surface area contributed by atoms with E-state index in [2.05, 4.69) is 5.32 Å². The minimum atomic E-state index is -3.75. The molecule has 0 unspecified atom stereocenters. The van der Waals surface area contributed by atoms with Crippen LogP contribution in [0, 0.1) is 0 Å². The number of sulfonamides is 1. The van der Waals surface area contributed by atoms with Crippen LogP contribution in [0.15, 0.2) is 41.3 Å². The average molecular weight is 498 g/mol. The van der Waals surface area contributed by atoms with E-state index >= 15 is 0 Å². The van der Waals surface area contributed by atoms with Crippen molar-refractivity contribution in [1.29, 1.82) is 0 Å². The summed E-state index contributed by atoms with van der Waals surface area (Å²) in [4.78, 5) is 13.3. The Hall–Kier alpha value is -1.06. The fourth-order valence-electron chi connectivity index (χ4n) is 3.04. The lowest BCUT2D eigenvalue weighted by Crippen LogP contribution is -3.15. The zero-order chi connectivity index (χ0) is 21.2. The summed E-state index contributed by atoms with van der Waals surface area (Å²) in [5.74, 6) is -0.187. The molecule has 1 heterocycles. The van der Waals surface area contributed by atoms with Crippen molar-refractivity contribution in [2.45, 2.75) is 4.90 Å². The molecule has 1 fully saturated rings. The number of nitrogens with zero attached hydrogens (tertiary/aromatic N) is 1. The number of quaternary nitrogens is 1. The van der Waals surface area contributed by atoms with Gasteiger partial charge in [0.2, 0.25) is 10.0 Å². The number of amides is 1. The molecule has 1 aliphatic heterocycles. The van der Waals surface area contributed by atoms with Gasteiger partial charge in [0.1, 0.15) is 4.90 Å². The van der Waals surface area contributed by atoms with Crippen LogP contribution in [0.4, 0.5) is 5.69 Å². The third-order valence-electron chi connectivity index (χ3n) is 4.55. The van der Waals surface area contributed by atoms with Crippen LogP contribution in [0.3, 0.4) is 0 Å². The Bertz CT molecular complexity index is 1030. The lowest BCUT2D eigenvalue weighted by molar-refractivity contribution is -0.895. The summed E-state index contributed by atoms with van der Waals surface area (Å²) in [7, 11) is -3.75. The van der Waals surface area contributed by atoms with Gasteiger partial charge in [-0.25, -0.2) is 8.42 Å². The fourth-order valence-corrected chi connectivity index (χ4v) is 5.52. The van der Waals surface area contributed by atoms with Crippen LogP contribution in [0.2, 0.25) is 20.1 Å². The monoisotopic (exact) mass is 496 g/mol. The first-order chi connectivity index (χ1) is 13.7. The second kappa shape index (κ2) is 9.39. The van der Waals surface area contributed by atoms with Gasteiger partial charge in [-0.2, -0.15) is 4.31 Å². The predicted octanol–water partition coefficient (Wildman–Crippen LogP) is 2.83. The van der Waals surface area contributed by atoms with Crippen molar-refractivity contribution in [3.8, 4) is 0 Å². The van der Waals surface area contributed by atoms with Gasteiger partial charge in [-0.15, -0.1) is 0 Å². The number of benzene rings is 2. The van der Waals surface area contributed by atoms with E-state index < -0.39 is 10.0 Å². The number of carbonyl (C=O) groups excluding carboxylic acids is 1. The zero-order valence-electron chi connectivity index (χ0n) is 15.1. The van der Waals surface area contributed by atoms with Crippen molar-refractivity contribution < 1.29 is 18.1 Å². The van der Waals surface area contributed by atoms with Gasteiger partial charge >= 0.3 is 0 Å². The number of hydrogen-bond donors (Lipinski definition) is 2. The molecule has 11 heteroatoms. The Kier molecular flexibility index (Phi) is 7.32. The molecule has 156 valence electrons. The maximum atomic E-state index is 12.9. The number of nitrogens with one attached hydrogen (secondary N) is 2. The van der Waals surface area contributed by atoms with Crippen LogP contribution in [0.5, 0.6) is 0 Å². The Labute approximate surface area is 189 Å². The van der Waals surface area contributed by atoms with Crippen molar-refractivity contribution in [2.24, 2.45) is 0 Å². The summed E-state index contributed by atoms with van der Waals surface area (Å²) in [5, 5.41) is 3.97. The highest BCUT2D eigenvalue weighted by Gasteiger charge is 2.32. The summed E-state index contributed by atoms with van der Waals surface area (Å²) >= 11 is 23.8. The largest absolute Gasteiger partial charge is 0.325 e. The van der Waals surface area contributed by atoms with Gasteiger partial charge in [-0.3, -0.25) is 4.79 Å². The van der Waals surface area contributed by atoms with Crippen LogP contribution in [-0.4, -0.2) is 51.4 Å². The minimum absolute atomic E-state index is 0.00697. The van der Waals surface area contributed by atoms with Gasteiger partial charge in [0, 0.05) is 10.7 Å². The van der Waals surface area contributed by atoms with Gasteiger partial charge in [-0.05, 0) is 36.4 Å². The molecule has 2 aromatic carbocycles. The molecule has 0 saturated carbocycles. The minimum Gasteiger partial charge on any atom is -0.325 e. The average Bonchev–Trinajstić information content (AvgIpc) is 2.67. The van der Waals surface area contributed by atoms with Crippen molar-refractivity contribution in [2.75, 3.05) is 38.0 Å². The Morgan fingerprint density at radius 3 is 2.28 bits per heavy atom. The summed E-state index contributed by atoms with van der Waals surface area (Å²) in [6, 6.07) is 9.21. The Morgan fingerprint density at radius 1 is 0.966 bits per heavy atom. The third kappa shape index (κ3) is 5.55. The van der Waals surface area contributed by atoms with E-state index in [1.165, 1.54) is 22.5 Å². The fraction of sp³-hybridized carbons (Fsp3) is 0.278. The molecule has 0 radical (unpaired) electrons. The van der Waals surface area contributed by atoms with Crippen molar-refractivity contribution >= 4 is 68.0 Å². The number of rotatable bonds is 5. The van der Waals surface area contributed by atoms with E-state index in [9.17, 15) is 13.2 Å². The van der Waals surface area contributed by atoms with Crippen LogP contribution in [-0.2, 0) is 14.8 Å². The maximum absolute atomic E-state index is 12.9. The number of anilines is 1. The van der Waals surface area contributed by atoms with Gasteiger partial charge in [0.25, 0.3) is 5.91 Å². The molecule has 1 aliphatic rings. The summed E-state index contributed by atoms with van der Waals surface area (Å²) < 4.78 is 27.1. The highest BCUT2D eigenvalue weighted by atomic mass is 35.5. The standard InChI is InChI=1S/C18H17Cl4N3O3S/c19-12-1-3-15(21)17(9-12)29(27,28)25-7-5-24(6-8-25)11-18(26)23-13-2-4-14(20)16(22)10-13/h1-4,9-10H,5-8,11H2,(H,23,26)/p+1. The first kappa shape index (κ1) is 22.6. The van der Waals surface area contributed by atoms with Gasteiger partial charge in [0.05, 0.1) is 41.2 Å². The lowest BCUT2D eigenvalue weighted by atomic mass is 10.3. The summed E-state index contributed by atoms with van der Waals surface area (Å²) in [5.41, 5.74) is 0.556. The first-order valence-electron chi connectivity index (χ1n) is 8.70. The molecule has 0 atom stereocenters. The molecule has 6 nitrogen and oxygen atoms in total. The first-order valence-corrected chi connectivity index (χ1v) is 11.7. The van der Waals surface area contributed by atoms with E-state index in [1.807, 2.05) is 0 Å². The van der Waals surface area contributed by atoms with Crippen molar-refractivity contribution in [3.05, 3.63) is 56.5 Å². The number of piperazine rings is 1. The van der Waals surface area contributed by atoms with E-state index in [0.29, 0.717) is 33.8 Å². The molecule has 1 amide bonds. The van der Waals surface area contributed by atoms with Crippen molar-refractivity contribution in [1.82, 2.24) is 4.31 Å². The quantitative estimate of drug-likeness (QED) is 0.667. The predicted molar refractivity (Wildman–Crippen MR) is 116 cm³/mol. The van der Waals surface area contributed by atoms with Gasteiger partial charge in [0.15, 0.2) is 6.54 Å². The number of carbonyl (C=O) groups is 1. The molecule has 1 saturated heterocycles. The molecule has 0 spiro atoms. The SMILES string of the molecule is O=C(C[NH+]1CCN(S(=O)(=O)c2cc(Cl)ccc2Cl)CC1)Nc1ccc(Cl)c(Cl)c1. The third-order valence-corrected chi connectivity index (χ3v) is 7.91. The van der Waals surface area contributed by atoms with E-state index in [4.69, 9.17) is 46.4 Å². The molecule has 0 bridgehead atoms. The molecule has 2 aromatic rings. The molecular formula is C18H18Cl4N3O3S+. The number of hydrogen-bond acceptors (Lipinski definition) is 3.